The number of phenols is 1. The van der Waals surface area contributed by atoms with Gasteiger partial charge in [-0.25, -0.2) is 9.50 Å². The van der Waals surface area contributed by atoms with E-state index in [0.29, 0.717) is 49.1 Å². The van der Waals surface area contributed by atoms with Gasteiger partial charge in [0.25, 0.3) is 5.78 Å². The highest BCUT2D eigenvalue weighted by Gasteiger charge is 2.51. The fourth-order valence-corrected chi connectivity index (χ4v) is 6.67. The molecule has 3 fully saturated rings. The molecule has 2 saturated carbocycles. The topological polar surface area (TPSA) is 116 Å². The SMILES string of the molecule is CCc1cc(CCC2(C3CCCC3)CC(=O)C(Cc3nc4nc(C)cc(C)n4n3)C(=O)O2)c(OCC2CC2)cc1O. The molecule has 41 heavy (non-hydrogen) atoms. The Kier molecular flexibility index (Phi) is 7.47. The number of carbonyl (C=O) groups is 2. The predicted molar refractivity (Wildman–Crippen MR) is 152 cm³/mol. The van der Waals surface area contributed by atoms with E-state index in [4.69, 9.17) is 9.47 Å². The highest BCUT2D eigenvalue weighted by Crippen LogP contribution is 2.46. The molecule has 0 bridgehead atoms. The average Bonchev–Trinajstić information content (AvgIpc) is 3.40. The van der Waals surface area contributed by atoms with Crippen molar-refractivity contribution in [2.75, 3.05) is 6.61 Å². The average molecular weight is 561 g/mol. The molecule has 2 atom stereocenters. The van der Waals surface area contributed by atoms with Crippen LogP contribution in [0.5, 0.6) is 11.5 Å². The molecule has 2 aliphatic carbocycles. The summed E-state index contributed by atoms with van der Waals surface area (Å²) in [5.74, 6) is 1.07. The Hall–Kier alpha value is -3.49. The quantitative estimate of drug-likeness (QED) is 0.271. The van der Waals surface area contributed by atoms with E-state index in [1.165, 1.54) is 12.8 Å². The maximum absolute atomic E-state index is 13.7. The number of rotatable bonds is 10. The van der Waals surface area contributed by atoms with Crippen LogP contribution in [0.2, 0.25) is 0 Å². The number of benzene rings is 1. The molecule has 3 heterocycles. The summed E-state index contributed by atoms with van der Waals surface area (Å²) >= 11 is 0. The predicted octanol–water partition coefficient (Wildman–Crippen LogP) is 5.03. The number of esters is 1. The van der Waals surface area contributed by atoms with Gasteiger partial charge < -0.3 is 14.6 Å². The minimum absolute atomic E-state index is 0.0990. The van der Waals surface area contributed by atoms with Crippen LogP contribution >= 0.6 is 0 Å². The van der Waals surface area contributed by atoms with Crippen molar-refractivity contribution in [2.45, 2.75) is 97.0 Å². The lowest BCUT2D eigenvalue weighted by Gasteiger charge is -2.43. The van der Waals surface area contributed by atoms with E-state index >= 15 is 0 Å². The summed E-state index contributed by atoms with van der Waals surface area (Å²) < 4.78 is 14.2. The molecule has 0 amide bonds. The Labute approximate surface area is 240 Å². The summed E-state index contributed by atoms with van der Waals surface area (Å²) in [4.78, 5) is 36.2. The first kappa shape index (κ1) is 27.7. The Bertz CT molecular complexity index is 1450. The smallest absolute Gasteiger partial charge is 0.317 e. The molecule has 1 N–H and O–H groups in total. The summed E-state index contributed by atoms with van der Waals surface area (Å²) in [5.41, 5.74) is 2.76. The molecule has 9 heteroatoms. The number of hydrogen-bond acceptors (Lipinski definition) is 8. The van der Waals surface area contributed by atoms with Gasteiger partial charge >= 0.3 is 5.97 Å². The van der Waals surface area contributed by atoms with Crippen LogP contribution in [0.4, 0.5) is 0 Å². The van der Waals surface area contributed by atoms with Crippen LogP contribution in [0.3, 0.4) is 0 Å². The third-order valence-electron chi connectivity index (χ3n) is 9.23. The molecule has 1 aliphatic heterocycles. The number of carbonyl (C=O) groups excluding carboxylic acids is 2. The minimum atomic E-state index is -0.916. The number of aryl methyl sites for hydroxylation is 4. The van der Waals surface area contributed by atoms with Gasteiger partial charge in [-0.05, 0) is 93.9 Å². The van der Waals surface area contributed by atoms with Gasteiger partial charge in [0, 0.05) is 30.3 Å². The molecular weight excluding hydrogens is 520 g/mol. The number of hydrogen-bond donors (Lipinski definition) is 1. The first-order chi connectivity index (χ1) is 19.7. The zero-order valence-electron chi connectivity index (χ0n) is 24.3. The van der Waals surface area contributed by atoms with Crippen molar-refractivity contribution in [2.24, 2.45) is 17.8 Å². The van der Waals surface area contributed by atoms with Crippen LogP contribution in [0.1, 0.15) is 86.6 Å². The minimum Gasteiger partial charge on any atom is -0.508 e. The number of phenolic OH excluding ortho intramolecular Hbond substituents is 1. The van der Waals surface area contributed by atoms with Crippen molar-refractivity contribution in [3.05, 3.63) is 46.5 Å². The summed E-state index contributed by atoms with van der Waals surface area (Å²) in [6.07, 6.45) is 8.58. The normalized spacial score (nSPS) is 23.3. The van der Waals surface area contributed by atoms with Crippen LogP contribution in [0, 0.1) is 31.6 Å². The van der Waals surface area contributed by atoms with E-state index in [0.717, 1.165) is 48.2 Å². The van der Waals surface area contributed by atoms with Crippen LogP contribution in [-0.2, 0) is 33.6 Å². The monoisotopic (exact) mass is 560 g/mol. The molecular formula is C32H40N4O5. The lowest BCUT2D eigenvalue weighted by Crippen LogP contribution is -2.52. The Morgan fingerprint density at radius 3 is 2.56 bits per heavy atom. The highest BCUT2D eigenvalue weighted by atomic mass is 16.6. The van der Waals surface area contributed by atoms with Gasteiger partial charge in [0.2, 0.25) is 0 Å². The molecule has 3 aliphatic rings. The van der Waals surface area contributed by atoms with E-state index < -0.39 is 17.5 Å². The number of cyclic esters (lactones) is 1. The summed E-state index contributed by atoms with van der Waals surface area (Å²) in [7, 11) is 0. The van der Waals surface area contributed by atoms with Crippen molar-refractivity contribution < 1.29 is 24.2 Å². The molecule has 3 aromatic rings. The zero-order chi connectivity index (χ0) is 28.7. The van der Waals surface area contributed by atoms with E-state index in [-0.39, 0.29) is 30.3 Å². The van der Waals surface area contributed by atoms with Gasteiger partial charge in [-0.3, -0.25) is 9.59 Å². The molecule has 218 valence electrons. The van der Waals surface area contributed by atoms with Gasteiger partial charge in [0.15, 0.2) is 11.6 Å². The van der Waals surface area contributed by atoms with E-state index in [1.807, 2.05) is 32.9 Å². The summed E-state index contributed by atoms with van der Waals surface area (Å²) in [6, 6.07) is 5.66. The number of aromatic hydroxyl groups is 1. The maximum atomic E-state index is 13.7. The zero-order valence-corrected chi connectivity index (χ0v) is 24.3. The van der Waals surface area contributed by atoms with Crippen molar-refractivity contribution in [1.29, 1.82) is 0 Å². The number of ether oxygens (including phenoxy) is 2. The number of nitrogens with zero attached hydrogens (tertiary/aromatic N) is 4. The van der Waals surface area contributed by atoms with E-state index in [1.54, 1.807) is 10.6 Å². The second-order valence-corrected chi connectivity index (χ2v) is 12.3. The number of ketones is 1. The number of fused-ring (bicyclic) bond motifs is 1. The summed E-state index contributed by atoms with van der Waals surface area (Å²) in [6.45, 7) is 6.49. The first-order valence-corrected chi connectivity index (χ1v) is 15.2. The summed E-state index contributed by atoms with van der Waals surface area (Å²) in [5, 5.41) is 15.0. The van der Waals surface area contributed by atoms with Gasteiger partial charge in [-0.15, -0.1) is 5.10 Å². The number of Topliss-reactive ketones (excluding diaryl/α,β-unsaturated/α-hetero) is 1. The van der Waals surface area contributed by atoms with Gasteiger partial charge in [-0.2, -0.15) is 4.98 Å². The molecule has 6 rings (SSSR count). The van der Waals surface area contributed by atoms with E-state index in [2.05, 4.69) is 15.1 Å². The molecule has 0 radical (unpaired) electrons. The molecule has 2 aromatic heterocycles. The van der Waals surface area contributed by atoms with Gasteiger partial charge in [0.1, 0.15) is 23.0 Å². The van der Waals surface area contributed by atoms with Gasteiger partial charge in [-0.1, -0.05) is 19.8 Å². The molecule has 1 saturated heterocycles. The first-order valence-electron chi connectivity index (χ1n) is 15.2. The fourth-order valence-electron chi connectivity index (χ4n) is 6.67. The third kappa shape index (κ3) is 5.68. The van der Waals surface area contributed by atoms with Crippen molar-refractivity contribution in [3.8, 4) is 11.5 Å². The van der Waals surface area contributed by atoms with Crippen LogP contribution in [0.15, 0.2) is 18.2 Å². The third-order valence-corrected chi connectivity index (χ3v) is 9.23. The maximum Gasteiger partial charge on any atom is 0.317 e. The van der Waals surface area contributed by atoms with Crippen molar-refractivity contribution >= 4 is 17.5 Å². The van der Waals surface area contributed by atoms with Crippen LogP contribution in [-0.4, -0.2) is 48.6 Å². The van der Waals surface area contributed by atoms with Gasteiger partial charge in [0.05, 0.1) is 6.61 Å². The Morgan fingerprint density at radius 2 is 1.85 bits per heavy atom. The standard InChI is InChI=1S/C32H40N4O5/c1-4-22-14-23(28(16-26(22)37)40-18-21-9-10-21)11-12-32(24-7-5-6-8-24)17-27(38)25(30(39)41-32)15-29-34-31-33-19(2)13-20(3)36(31)35-29/h13-14,16,21,24-25,37H,4-12,15,17-18H2,1-3H3. The highest BCUT2D eigenvalue weighted by molar-refractivity contribution is 6.01. The lowest BCUT2D eigenvalue weighted by atomic mass is 9.73. The van der Waals surface area contributed by atoms with Crippen LogP contribution < -0.4 is 4.74 Å². The largest absolute Gasteiger partial charge is 0.508 e. The molecule has 2 unspecified atom stereocenters. The van der Waals surface area contributed by atoms with Crippen molar-refractivity contribution in [1.82, 2.24) is 19.6 Å². The Morgan fingerprint density at radius 1 is 1.07 bits per heavy atom. The molecule has 9 nitrogen and oxygen atoms in total. The van der Waals surface area contributed by atoms with E-state index in [9.17, 15) is 14.7 Å². The molecule has 0 spiro atoms. The Balaban J connectivity index is 1.23. The van der Waals surface area contributed by atoms with Crippen LogP contribution in [0.25, 0.3) is 5.78 Å². The lowest BCUT2D eigenvalue weighted by molar-refractivity contribution is -0.185. The fraction of sp³-hybridized carbons (Fsp3) is 0.594. The second kappa shape index (κ2) is 11.1. The second-order valence-electron chi connectivity index (χ2n) is 12.3. The van der Waals surface area contributed by atoms with Crippen molar-refractivity contribution in [3.63, 3.8) is 0 Å². The number of aromatic nitrogens is 4. The molecule has 1 aromatic carbocycles.